The first kappa shape index (κ1) is 10.4. The molecule has 4 N–H and O–H groups in total. The highest BCUT2D eigenvalue weighted by molar-refractivity contribution is 5.73. The van der Waals surface area contributed by atoms with Crippen LogP contribution in [0.25, 0.3) is 0 Å². The van der Waals surface area contributed by atoms with Crippen LogP contribution in [0.1, 0.15) is 20.3 Å². The predicted molar refractivity (Wildman–Crippen MR) is 41.1 cm³/mol. The van der Waals surface area contributed by atoms with Crippen LogP contribution in [-0.2, 0) is 4.79 Å². The molecule has 0 aromatic rings. The third-order valence-corrected chi connectivity index (χ3v) is 1.88. The summed E-state index contributed by atoms with van der Waals surface area (Å²) >= 11 is 0. The van der Waals surface area contributed by atoms with E-state index in [9.17, 15) is 9.90 Å². The van der Waals surface area contributed by atoms with Crippen molar-refractivity contribution < 1.29 is 15.0 Å². The van der Waals surface area contributed by atoms with Gasteiger partial charge in [0.1, 0.15) is 6.04 Å². The minimum atomic E-state index is -1.06. The fraction of sp³-hybridized carbons (Fsp3) is 0.857. The number of hydrogen-bond acceptors (Lipinski definition) is 3. The average Bonchev–Trinajstić information content (AvgIpc) is 2.00. The molecule has 0 rings (SSSR count). The Morgan fingerprint density at radius 2 is 2.09 bits per heavy atom. The van der Waals surface area contributed by atoms with Gasteiger partial charge in [-0.25, -0.2) is 0 Å². The molecule has 11 heavy (non-hydrogen) atoms. The summed E-state index contributed by atoms with van der Waals surface area (Å²) < 4.78 is 0. The zero-order chi connectivity index (χ0) is 9.02. The summed E-state index contributed by atoms with van der Waals surface area (Å²) in [6.45, 7) is 3.42. The number of aliphatic hydroxyl groups excluding tert-OH is 1. The van der Waals surface area contributed by atoms with Gasteiger partial charge in [0.05, 0.1) is 6.10 Å². The molecular formula is C7H15NO3. The van der Waals surface area contributed by atoms with Crippen LogP contribution in [0.4, 0.5) is 0 Å². The molecular weight excluding hydrogens is 146 g/mol. The second-order valence-electron chi connectivity index (χ2n) is 2.70. The van der Waals surface area contributed by atoms with Gasteiger partial charge in [-0.1, -0.05) is 13.8 Å². The number of rotatable bonds is 4. The Morgan fingerprint density at radius 3 is 2.36 bits per heavy atom. The zero-order valence-electron chi connectivity index (χ0n) is 6.82. The van der Waals surface area contributed by atoms with Crippen molar-refractivity contribution in [1.29, 1.82) is 0 Å². The molecule has 0 aliphatic rings. The standard InChI is InChI=1S/C7H15NO3/c1-3-5(9)4(2)6(8)7(10)11/h4-6,9H,3,8H2,1-2H3,(H,10,11)/t4-,5+,6?/m1/s1. The molecule has 3 atom stereocenters. The van der Waals surface area contributed by atoms with E-state index in [0.29, 0.717) is 6.42 Å². The van der Waals surface area contributed by atoms with Gasteiger partial charge in [0.15, 0.2) is 0 Å². The third kappa shape index (κ3) is 2.86. The van der Waals surface area contributed by atoms with Gasteiger partial charge in [0.25, 0.3) is 0 Å². The molecule has 4 heteroatoms. The van der Waals surface area contributed by atoms with Crippen molar-refractivity contribution in [2.75, 3.05) is 0 Å². The summed E-state index contributed by atoms with van der Waals surface area (Å²) in [4.78, 5) is 10.3. The molecule has 0 saturated carbocycles. The number of aliphatic hydroxyl groups is 1. The highest BCUT2D eigenvalue weighted by Crippen LogP contribution is 2.09. The van der Waals surface area contributed by atoms with E-state index in [1.807, 2.05) is 0 Å². The lowest BCUT2D eigenvalue weighted by atomic mass is 9.95. The number of carboxylic acid groups (broad SMARTS) is 1. The van der Waals surface area contributed by atoms with Crippen LogP contribution in [-0.4, -0.2) is 28.3 Å². The highest BCUT2D eigenvalue weighted by Gasteiger charge is 2.24. The van der Waals surface area contributed by atoms with Crippen molar-refractivity contribution in [3.63, 3.8) is 0 Å². The highest BCUT2D eigenvalue weighted by atomic mass is 16.4. The summed E-state index contributed by atoms with van der Waals surface area (Å²) in [5.74, 6) is -1.46. The molecule has 0 aliphatic heterocycles. The third-order valence-electron chi connectivity index (χ3n) is 1.88. The van der Waals surface area contributed by atoms with E-state index in [1.165, 1.54) is 0 Å². The van der Waals surface area contributed by atoms with Crippen molar-refractivity contribution >= 4 is 5.97 Å². The molecule has 0 radical (unpaired) electrons. The molecule has 0 bridgehead atoms. The Kier molecular flexibility index (Phi) is 4.07. The van der Waals surface area contributed by atoms with Gasteiger partial charge in [0, 0.05) is 5.92 Å². The van der Waals surface area contributed by atoms with Crippen LogP contribution in [0, 0.1) is 5.92 Å². The molecule has 1 unspecified atom stereocenters. The van der Waals surface area contributed by atoms with Gasteiger partial charge in [0.2, 0.25) is 0 Å². The van der Waals surface area contributed by atoms with E-state index in [2.05, 4.69) is 0 Å². The largest absolute Gasteiger partial charge is 0.480 e. The first-order valence-corrected chi connectivity index (χ1v) is 3.67. The molecule has 0 spiro atoms. The lowest BCUT2D eigenvalue weighted by Gasteiger charge is -2.20. The number of hydrogen-bond donors (Lipinski definition) is 3. The van der Waals surface area contributed by atoms with Crippen LogP contribution in [0.3, 0.4) is 0 Å². The molecule has 0 fully saturated rings. The lowest BCUT2D eigenvalue weighted by molar-refractivity contribution is -0.140. The van der Waals surface area contributed by atoms with Crippen molar-refractivity contribution in [2.24, 2.45) is 11.7 Å². The van der Waals surface area contributed by atoms with Crippen molar-refractivity contribution in [3.8, 4) is 0 Å². The van der Waals surface area contributed by atoms with E-state index >= 15 is 0 Å². The number of nitrogens with two attached hydrogens (primary N) is 1. The Bertz CT molecular complexity index is 138. The molecule has 0 aliphatic carbocycles. The van der Waals surface area contributed by atoms with Crippen LogP contribution in [0.15, 0.2) is 0 Å². The Labute approximate surface area is 66.0 Å². The number of carboxylic acids is 1. The molecule has 0 heterocycles. The van der Waals surface area contributed by atoms with Crippen LogP contribution < -0.4 is 5.73 Å². The van der Waals surface area contributed by atoms with Crippen LogP contribution >= 0.6 is 0 Å². The summed E-state index contributed by atoms with van der Waals surface area (Å²) in [6.07, 6.45) is -0.0941. The lowest BCUT2D eigenvalue weighted by Crippen LogP contribution is -2.41. The first-order chi connectivity index (χ1) is 5.00. The van der Waals surface area contributed by atoms with E-state index in [-0.39, 0.29) is 0 Å². The van der Waals surface area contributed by atoms with E-state index in [4.69, 9.17) is 10.8 Å². The Hall–Kier alpha value is -0.610. The first-order valence-electron chi connectivity index (χ1n) is 3.67. The van der Waals surface area contributed by atoms with Gasteiger partial charge in [-0.2, -0.15) is 0 Å². The van der Waals surface area contributed by atoms with Gasteiger partial charge in [-0.15, -0.1) is 0 Å². The van der Waals surface area contributed by atoms with Crippen LogP contribution in [0.2, 0.25) is 0 Å². The molecule has 0 amide bonds. The summed E-state index contributed by atoms with van der Waals surface area (Å²) in [5, 5.41) is 17.7. The maximum Gasteiger partial charge on any atom is 0.320 e. The van der Waals surface area contributed by atoms with Crippen LogP contribution in [0.5, 0.6) is 0 Å². The van der Waals surface area contributed by atoms with Gasteiger partial charge < -0.3 is 15.9 Å². The minimum Gasteiger partial charge on any atom is -0.480 e. The van der Waals surface area contributed by atoms with Crippen molar-refractivity contribution in [3.05, 3.63) is 0 Å². The Morgan fingerprint density at radius 1 is 1.64 bits per heavy atom. The normalized spacial score (nSPS) is 18.9. The van der Waals surface area contributed by atoms with E-state index in [0.717, 1.165) is 0 Å². The van der Waals surface area contributed by atoms with Gasteiger partial charge in [-0.3, -0.25) is 4.79 Å². The smallest absolute Gasteiger partial charge is 0.320 e. The number of aliphatic carboxylic acids is 1. The fourth-order valence-electron chi connectivity index (χ4n) is 0.836. The van der Waals surface area contributed by atoms with E-state index < -0.39 is 24.0 Å². The maximum atomic E-state index is 10.3. The fourth-order valence-corrected chi connectivity index (χ4v) is 0.836. The van der Waals surface area contributed by atoms with Gasteiger partial charge in [-0.05, 0) is 6.42 Å². The van der Waals surface area contributed by atoms with Gasteiger partial charge >= 0.3 is 5.97 Å². The molecule has 4 nitrogen and oxygen atoms in total. The predicted octanol–water partition coefficient (Wildman–Crippen LogP) is -0.195. The maximum absolute atomic E-state index is 10.3. The van der Waals surface area contributed by atoms with Crippen molar-refractivity contribution in [2.45, 2.75) is 32.4 Å². The number of carbonyl (C=O) groups is 1. The summed E-state index contributed by atoms with van der Waals surface area (Å²) in [6, 6.07) is -0.968. The van der Waals surface area contributed by atoms with E-state index in [1.54, 1.807) is 13.8 Å². The second kappa shape index (κ2) is 4.31. The average molecular weight is 161 g/mol. The summed E-state index contributed by atoms with van der Waals surface area (Å²) in [7, 11) is 0. The minimum absolute atomic E-state index is 0.391. The molecule has 0 aromatic carbocycles. The zero-order valence-corrected chi connectivity index (χ0v) is 6.82. The SMILES string of the molecule is CC[C@H](O)[C@@H](C)C(N)C(=O)O. The second-order valence-corrected chi connectivity index (χ2v) is 2.70. The topological polar surface area (TPSA) is 83.5 Å². The summed E-state index contributed by atoms with van der Waals surface area (Å²) in [5.41, 5.74) is 5.28. The Balaban J connectivity index is 4.00. The molecule has 66 valence electrons. The quantitative estimate of drug-likeness (QED) is 0.533. The monoisotopic (exact) mass is 161 g/mol. The molecule has 0 saturated heterocycles. The molecule has 0 aromatic heterocycles. The van der Waals surface area contributed by atoms with Crippen molar-refractivity contribution in [1.82, 2.24) is 0 Å².